The maximum Gasteiger partial charge on any atom is 0.328 e. The molecule has 2 aromatic heterocycles. The van der Waals surface area contributed by atoms with E-state index in [4.69, 9.17) is 24.4 Å². The second-order valence-electron chi connectivity index (χ2n) is 14.2. The van der Waals surface area contributed by atoms with Gasteiger partial charge in [0.1, 0.15) is 11.8 Å². The molecule has 2 saturated heterocycles. The molecule has 3 aliphatic rings. The molecule has 2 atom stereocenters. The maximum atomic E-state index is 14.0. The minimum Gasteiger partial charge on any atom is -0.497 e. The number of methoxy groups -OCH3 is 2. The molecule has 0 radical (unpaired) electrons. The third kappa shape index (κ3) is 6.62. The second-order valence-corrected chi connectivity index (χ2v) is 14.2. The van der Waals surface area contributed by atoms with Gasteiger partial charge in [-0.2, -0.15) is 15.0 Å². The molecule has 5 heterocycles. The molecule has 280 valence electrons. The molecule has 0 unspecified atom stereocenters. The number of hydrogen-bond donors (Lipinski definition) is 1. The number of esters is 1. The summed E-state index contributed by atoms with van der Waals surface area (Å²) in [6, 6.07) is 36.2. The van der Waals surface area contributed by atoms with Gasteiger partial charge in [0.2, 0.25) is 17.8 Å². The summed E-state index contributed by atoms with van der Waals surface area (Å²) in [4.78, 5) is 44.8. The van der Waals surface area contributed by atoms with Crippen molar-refractivity contribution in [1.82, 2.24) is 19.9 Å². The number of anilines is 5. The van der Waals surface area contributed by atoms with E-state index < -0.39 is 12.1 Å². The summed E-state index contributed by atoms with van der Waals surface area (Å²) in [5.74, 6) is 2.07. The van der Waals surface area contributed by atoms with Crippen molar-refractivity contribution in [3.05, 3.63) is 126 Å². The van der Waals surface area contributed by atoms with Crippen molar-refractivity contribution in [2.75, 3.05) is 91.1 Å². The average Bonchev–Trinajstić information content (AvgIpc) is 3.64. The van der Waals surface area contributed by atoms with Gasteiger partial charge < -0.3 is 39.0 Å². The summed E-state index contributed by atoms with van der Waals surface area (Å²) in [5, 5.41) is 1.09. The van der Waals surface area contributed by atoms with Gasteiger partial charge in [-0.1, -0.05) is 66.7 Å². The zero-order valence-electron chi connectivity index (χ0n) is 31.2. The van der Waals surface area contributed by atoms with Crippen LogP contribution >= 0.6 is 0 Å². The quantitative estimate of drug-likeness (QED) is 0.195. The Balaban J connectivity index is 1.15. The van der Waals surface area contributed by atoms with E-state index in [1.165, 1.54) is 18.5 Å². The zero-order chi connectivity index (χ0) is 37.3. The van der Waals surface area contributed by atoms with Gasteiger partial charge >= 0.3 is 5.97 Å². The van der Waals surface area contributed by atoms with Gasteiger partial charge in [0.05, 0.1) is 20.3 Å². The summed E-state index contributed by atoms with van der Waals surface area (Å²) in [6.07, 6.45) is 0.431. The molecule has 12 nitrogen and oxygen atoms in total. The lowest BCUT2D eigenvalue weighted by Gasteiger charge is -2.42. The van der Waals surface area contributed by atoms with Gasteiger partial charge in [0.15, 0.2) is 0 Å². The van der Waals surface area contributed by atoms with Crippen LogP contribution in [0.4, 0.5) is 29.2 Å². The molecule has 0 saturated carbocycles. The largest absolute Gasteiger partial charge is 0.497 e. The fraction of sp³-hybridized carbons (Fsp3) is 0.302. The van der Waals surface area contributed by atoms with Crippen molar-refractivity contribution in [3.8, 4) is 5.75 Å². The van der Waals surface area contributed by atoms with Gasteiger partial charge in [0.25, 0.3) is 0 Å². The number of rotatable bonds is 8. The van der Waals surface area contributed by atoms with Crippen molar-refractivity contribution in [1.29, 1.82) is 0 Å². The van der Waals surface area contributed by atoms with Crippen LogP contribution in [0.5, 0.6) is 5.75 Å². The van der Waals surface area contributed by atoms with Crippen LogP contribution in [-0.4, -0.2) is 98.5 Å². The van der Waals surface area contributed by atoms with Crippen LogP contribution in [0.1, 0.15) is 22.9 Å². The van der Waals surface area contributed by atoms with Gasteiger partial charge in [0, 0.05) is 86.8 Å². The molecule has 3 aliphatic heterocycles. The van der Waals surface area contributed by atoms with Crippen molar-refractivity contribution >= 4 is 46.1 Å². The van der Waals surface area contributed by atoms with E-state index in [0.717, 1.165) is 85.8 Å². The number of carbonyl (C=O) groups excluding carboxylic acids is 1. The van der Waals surface area contributed by atoms with E-state index in [1.807, 2.05) is 36.4 Å². The first kappa shape index (κ1) is 34.5. The highest BCUT2D eigenvalue weighted by molar-refractivity contribution is 5.89. The van der Waals surface area contributed by atoms with Gasteiger partial charge in [-0.25, -0.2) is 4.79 Å². The Kier molecular flexibility index (Phi) is 9.31. The molecule has 0 spiro atoms. The Morgan fingerprint density at radius 1 is 0.618 bits per heavy atom. The highest BCUT2D eigenvalue weighted by atomic mass is 16.5. The van der Waals surface area contributed by atoms with E-state index in [2.05, 4.69) is 102 Å². The Bertz CT molecular complexity index is 2170. The van der Waals surface area contributed by atoms with E-state index in [1.54, 1.807) is 7.11 Å². The summed E-state index contributed by atoms with van der Waals surface area (Å²) in [5.41, 5.74) is 6.50. The number of nitrogens with zero attached hydrogens (tertiary/aromatic N) is 8. The highest BCUT2D eigenvalue weighted by Crippen LogP contribution is 2.43. The van der Waals surface area contributed by atoms with Crippen molar-refractivity contribution in [3.63, 3.8) is 0 Å². The predicted octanol–water partition coefficient (Wildman–Crippen LogP) is 5.71. The Morgan fingerprint density at radius 2 is 1.13 bits per heavy atom. The summed E-state index contributed by atoms with van der Waals surface area (Å²) in [6.45, 7) is 6.30. The van der Waals surface area contributed by atoms with Gasteiger partial charge in [-0.3, -0.25) is 0 Å². The normalized spacial score (nSPS) is 18.7. The lowest BCUT2D eigenvalue weighted by Crippen LogP contribution is -2.51. The molecule has 12 heteroatoms. The molecule has 0 aliphatic carbocycles. The van der Waals surface area contributed by atoms with Crippen LogP contribution in [0.25, 0.3) is 10.9 Å². The predicted molar refractivity (Wildman–Crippen MR) is 217 cm³/mol. The first-order chi connectivity index (χ1) is 27.1. The number of benzene rings is 4. The second kappa shape index (κ2) is 14.8. The smallest absolute Gasteiger partial charge is 0.328 e. The number of fused-ring (bicyclic) bond motifs is 3. The van der Waals surface area contributed by atoms with E-state index in [-0.39, 0.29) is 5.97 Å². The molecule has 55 heavy (non-hydrogen) atoms. The lowest BCUT2D eigenvalue weighted by atomic mass is 9.88. The van der Waals surface area contributed by atoms with Crippen LogP contribution in [-0.2, 0) is 16.0 Å². The number of hydrogen-bond acceptors (Lipinski definition) is 11. The first-order valence-electron chi connectivity index (χ1n) is 19.0. The first-order valence-corrected chi connectivity index (χ1v) is 19.0. The molecule has 1 N–H and O–H groups in total. The Morgan fingerprint density at radius 3 is 1.67 bits per heavy atom. The number of nitrogens with one attached hydrogen (secondary N) is 1. The fourth-order valence-electron chi connectivity index (χ4n) is 8.33. The molecule has 4 aromatic carbocycles. The number of ether oxygens (including phenoxy) is 2. The molecule has 9 rings (SSSR count). The number of piperazine rings is 2. The monoisotopic (exact) mass is 735 g/mol. The highest BCUT2D eigenvalue weighted by Gasteiger charge is 2.44. The van der Waals surface area contributed by atoms with Crippen LogP contribution < -0.4 is 29.2 Å². The Labute approximate surface area is 320 Å². The number of para-hydroxylation sites is 3. The topological polar surface area (TPSA) is 106 Å². The van der Waals surface area contributed by atoms with Gasteiger partial charge in [-0.15, -0.1) is 0 Å². The minimum absolute atomic E-state index is 0.342. The summed E-state index contributed by atoms with van der Waals surface area (Å²) in [7, 11) is 3.12. The van der Waals surface area contributed by atoms with Crippen molar-refractivity contribution in [2.45, 2.75) is 18.5 Å². The molecular weight excluding hydrogens is 691 g/mol. The molecule has 0 amide bonds. The zero-order valence-corrected chi connectivity index (χ0v) is 31.2. The van der Waals surface area contributed by atoms with Crippen LogP contribution in [0.2, 0.25) is 0 Å². The van der Waals surface area contributed by atoms with Gasteiger partial charge in [-0.05, 0) is 53.6 Å². The SMILES string of the molecule is COC(=O)[C@@H]1Cc2c([nH]c3ccccc23)[C@@H](c2ccc(OC)cc2)N1c1nc(N2CCN(c3ccccc3)CC2)nc(N2CCN(c3ccccc3)CC2)n1. The molecular formula is C43H45N9O3. The number of aromatic amines is 1. The van der Waals surface area contributed by atoms with Crippen LogP contribution in [0, 0.1) is 0 Å². The van der Waals surface area contributed by atoms with Crippen molar-refractivity contribution in [2.24, 2.45) is 0 Å². The van der Waals surface area contributed by atoms with Crippen molar-refractivity contribution < 1.29 is 14.3 Å². The molecule has 0 bridgehead atoms. The van der Waals surface area contributed by atoms with Crippen LogP contribution in [0.3, 0.4) is 0 Å². The minimum atomic E-state index is -0.697. The van der Waals surface area contributed by atoms with Crippen LogP contribution in [0.15, 0.2) is 109 Å². The molecule has 2 fully saturated rings. The number of H-pyrrole nitrogens is 1. The summed E-state index contributed by atoms with van der Waals surface area (Å²) < 4.78 is 11.1. The van der Waals surface area contributed by atoms with E-state index >= 15 is 0 Å². The average molecular weight is 736 g/mol. The number of aromatic nitrogens is 4. The maximum absolute atomic E-state index is 14.0. The fourth-order valence-corrected chi connectivity index (χ4v) is 8.33. The Hall–Kier alpha value is -6.30. The summed E-state index contributed by atoms with van der Waals surface area (Å²) >= 11 is 0. The lowest BCUT2D eigenvalue weighted by molar-refractivity contribution is -0.142. The standard InChI is InChI=1S/C43H45N9O3/c1-54-33-19-17-30(18-20-33)39-38-35(34-15-9-10-16-36(34)44-38)29-37(40(53)55-2)52(39)43-46-41(50-25-21-48(22-26-50)31-11-5-3-6-12-31)45-42(47-43)51-27-23-49(24-28-51)32-13-7-4-8-14-32/h3-20,37,39,44H,21-29H2,1-2H3/t37-,39+/m0/s1. The third-order valence-corrected chi connectivity index (χ3v) is 11.2. The van der Waals surface area contributed by atoms with E-state index in [0.29, 0.717) is 24.3 Å². The molecule has 6 aromatic rings. The third-order valence-electron chi connectivity index (χ3n) is 11.2. The number of carbonyl (C=O) groups is 1. The van der Waals surface area contributed by atoms with E-state index in [9.17, 15) is 4.79 Å².